The number of carbonyl (C=O) groups is 1. The summed E-state index contributed by atoms with van der Waals surface area (Å²) in [5.74, 6) is 1.25. The highest BCUT2D eigenvalue weighted by Gasteiger charge is 2.31. The van der Waals surface area contributed by atoms with Gasteiger partial charge in [0.25, 0.3) is 0 Å². The number of benzene rings is 1. The van der Waals surface area contributed by atoms with Crippen LogP contribution in [0.5, 0.6) is 5.75 Å². The third-order valence-electron chi connectivity index (χ3n) is 5.25. The van der Waals surface area contributed by atoms with Gasteiger partial charge < -0.3 is 10.1 Å². The van der Waals surface area contributed by atoms with Crippen molar-refractivity contribution >= 4 is 35.0 Å². The van der Waals surface area contributed by atoms with E-state index in [-0.39, 0.29) is 17.8 Å². The molecule has 1 aromatic carbocycles. The third-order valence-corrected chi connectivity index (χ3v) is 6.62. The number of thioether (sulfide) groups is 1. The van der Waals surface area contributed by atoms with Crippen LogP contribution < -0.4 is 10.1 Å². The van der Waals surface area contributed by atoms with Crippen LogP contribution in [0.3, 0.4) is 0 Å². The molecule has 0 radical (unpaired) electrons. The number of aryl methyl sites for hydroxylation is 2. The molecule has 31 heavy (non-hydrogen) atoms. The minimum atomic E-state index is -0.349. The van der Waals surface area contributed by atoms with Crippen LogP contribution in [-0.4, -0.2) is 35.7 Å². The average molecular weight is 461 g/mol. The first kappa shape index (κ1) is 21.7. The fourth-order valence-corrected chi connectivity index (χ4v) is 4.41. The van der Waals surface area contributed by atoms with Gasteiger partial charge in [0, 0.05) is 13.1 Å². The second kappa shape index (κ2) is 8.92. The highest BCUT2D eigenvalue weighted by atomic mass is 35.5. The number of nitrogens with one attached hydrogen (secondary N) is 1. The number of hydrogen-bond donors (Lipinski definition) is 1. The summed E-state index contributed by atoms with van der Waals surface area (Å²) in [6.45, 7) is 5.95. The molecule has 0 bridgehead atoms. The summed E-state index contributed by atoms with van der Waals surface area (Å²) in [5, 5.41) is 17.0. The van der Waals surface area contributed by atoms with Gasteiger partial charge in [-0.05, 0) is 45.7 Å². The number of anilines is 1. The maximum Gasteiger partial charge on any atom is 0.237 e. The largest absolute Gasteiger partial charge is 0.484 e. The van der Waals surface area contributed by atoms with Crippen LogP contribution in [0, 0.1) is 13.8 Å². The fraction of sp³-hybridized carbons (Fsp3) is 0.429. The Kier molecular flexibility index (Phi) is 6.24. The second-order valence-electron chi connectivity index (χ2n) is 7.64. The molecule has 1 N–H and O–H groups in total. The molecule has 1 aliphatic carbocycles. The molecule has 0 aliphatic heterocycles. The van der Waals surface area contributed by atoms with E-state index in [0.29, 0.717) is 16.8 Å². The zero-order valence-electron chi connectivity index (χ0n) is 17.9. The smallest absolute Gasteiger partial charge is 0.237 e. The van der Waals surface area contributed by atoms with Gasteiger partial charge in [0.15, 0.2) is 11.0 Å². The molecule has 2 aromatic heterocycles. The van der Waals surface area contributed by atoms with Crippen LogP contribution >= 0.6 is 23.4 Å². The fourth-order valence-electron chi connectivity index (χ4n) is 3.28. The van der Waals surface area contributed by atoms with Gasteiger partial charge in [-0.25, -0.2) is 0 Å². The summed E-state index contributed by atoms with van der Waals surface area (Å²) in [6, 6.07) is 7.69. The number of para-hydroxylation sites is 1. The van der Waals surface area contributed by atoms with Crippen molar-refractivity contribution in [3.63, 3.8) is 0 Å². The lowest BCUT2D eigenvalue weighted by Gasteiger charge is -2.14. The number of aromatic nitrogens is 5. The lowest BCUT2D eigenvalue weighted by atomic mass is 10.3. The summed E-state index contributed by atoms with van der Waals surface area (Å²) < 4.78 is 9.71. The number of amides is 1. The average Bonchev–Trinajstić information content (AvgIpc) is 3.46. The van der Waals surface area contributed by atoms with Crippen LogP contribution in [0.15, 0.2) is 29.4 Å². The van der Waals surface area contributed by atoms with Crippen molar-refractivity contribution in [2.75, 3.05) is 5.32 Å². The molecule has 1 unspecified atom stereocenters. The topological polar surface area (TPSA) is 86.9 Å². The molecule has 8 nitrogen and oxygen atoms in total. The Morgan fingerprint density at radius 2 is 2.06 bits per heavy atom. The van der Waals surface area contributed by atoms with Gasteiger partial charge in [-0.15, -0.1) is 10.2 Å². The van der Waals surface area contributed by atoms with E-state index >= 15 is 0 Å². The molecule has 164 valence electrons. The lowest BCUT2D eigenvalue weighted by Crippen LogP contribution is -2.23. The van der Waals surface area contributed by atoms with Crippen molar-refractivity contribution in [1.29, 1.82) is 0 Å². The minimum absolute atomic E-state index is 0.0941. The molecule has 1 amide bonds. The van der Waals surface area contributed by atoms with Crippen molar-refractivity contribution in [3.05, 3.63) is 46.5 Å². The van der Waals surface area contributed by atoms with Gasteiger partial charge in [-0.1, -0.05) is 35.5 Å². The molecular weight excluding hydrogens is 436 g/mol. The predicted octanol–water partition coefficient (Wildman–Crippen LogP) is 4.32. The maximum atomic E-state index is 12.8. The van der Waals surface area contributed by atoms with Crippen LogP contribution in [0.4, 0.5) is 5.69 Å². The summed E-state index contributed by atoms with van der Waals surface area (Å²) in [7, 11) is 1.86. The van der Waals surface area contributed by atoms with Crippen LogP contribution in [0.1, 0.15) is 43.0 Å². The first-order valence-corrected chi connectivity index (χ1v) is 11.4. The van der Waals surface area contributed by atoms with Crippen LogP contribution in [-0.2, 0) is 18.4 Å². The SMILES string of the molecule is Cc1nn(C)c(C)c1NC(=O)C(C)Sc1nnc(COc2ccccc2Cl)n1C1CC1. The van der Waals surface area contributed by atoms with E-state index in [4.69, 9.17) is 16.3 Å². The second-order valence-corrected chi connectivity index (χ2v) is 9.35. The zero-order chi connectivity index (χ0) is 22.1. The zero-order valence-corrected chi connectivity index (χ0v) is 19.5. The third kappa shape index (κ3) is 4.72. The van der Waals surface area contributed by atoms with Gasteiger partial charge >= 0.3 is 0 Å². The summed E-state index contributed by atoms with van der Waals surface area (Å²) in [6.07, 6.45) is 2.14. The Labute approximate surface area is 190 Å². The van der Waals surface area contributed by atoms with Gasteiger partial charge in [-0.2, -0.15) is 5.10 Å². The highest BCUT2D eigenvalue weighted by molar-refractivity contribution is 8.00. The summed E-state index contributed by atoms with van der Waals surface area (Å²) in [4.78, 5) is 12.8. The van der Waals surface area contributed by atoms with E-state index in [1.54, 1.807) is 10.7 Å². The van der Waals surface area contributed by atoms with Gasteiger partial charge in [0.05, 0.1) is 27.3 Å². The first-order valence-electron chi connectivity index (χ1n) is 10.1. The predicted molar refractivity (Wildman–Crippen MR) is 121 cm³/mol. The van der Waals surface area contributed by atoms with E-state index in [1.165, 1.54) is 11.8 Å². The molecule has 1 atom stereocenters. The first-order chi connectivity index (χ1) is 14.8. The standard InChI is InChI=1S/C21H25ClN6O2S/c1-12-19(13(2)27(4)26-12)23-20(29)14(3)31-21-25-24-18(28(21)15-9-10-15)11-30-17-8-6-5-7-16(17)22/h5-8,14-15H,9-11H2,1-4H3,(H,23,29). The Morgan fingerprint density at radius 3 is 2.71 bits per heavy atom. The number of ether oxygens (including phenoxy) is 1. The quantitative estimate of drug-likeness (QED) is 0.504. The number of carbonyl (C=O) groups excluding carboxylic acids is 1. The highest BCUT2D eigenvalue weighted by Crippen LogP contribution is 2.40. The van der Waals surface area contributed by atoms with Crippen molar-refractivity contribution in [3.8, 4) is 5.75 Å². The van der Waals surface area contributed by atoms with Crippen molar-refractivity contribution in [2.45, 2.75) is 56.7 Å². The molecular formula is C21H25ClN6O2S. The van der Waals surface area contributed by atoms with Gasteiger partial charge in [0.1, 0.15) is 12.4 Å². The molecule has 3 aromatic rings. The number of halogens is 1. The molecule has 0 spiro atoms. The molecule has 4 rings (SSSR count). The Balaban J connectivity index is 1.45. The Morgan fingerprint density at radius 1 is 1.32 bits per heavy atom. The van der Waals surface area contributed by atoms with E-state index in [1.807, 2.05) is 46.0 Å². The van der Waals surface area contributed by atoms with Crippen LogP contribution in [0.2, 0.25) is 5.02 Å². The van der Waals surface area contributed by atoms with E-state index in [2.05, 4.69) is 25.2 Å². The van der Waals surface area contributed by atoms with E-state index < -0.39 is 0 Å². The maximum absolute atomic E-state index is 12.8. The normalized spacial score (nSPS) is 14.5. The Bertz CT molecular complexity index is 1110. The Hall–Kier alpha value is -2.52. The monoisotopic (exact) mass is 460 g/mol. The molecule has 0 saturated heterocycles. The summed E-state index contributed by atoms with van der Waals surface area (Å²) >= 11 is 7.58. The van der Waals surface area contributed by atoms with Gasteiger partial charge in [0.2, 0.25) is 5.91 Å². The van der Waals surface area contributed by atoms with Crippen LogP contribution in [0.25, 0.3) is 0 Å². The molecule has 1 aliphatic rings. The lowest BCUT2D eigenvalue weighted by molar-refractivity contribution is -0.115. The van der Waals surface area contributed by atoms with Gasteiger partial charge in [-0.3, -0.25) is 14.0 Å². The molecule has 10 heteroatoms. The number of nitrogens with zero attached hydrogens (tertiary/aromatic N) is 5. The van der Waals surface area contributed by atoms with E-state index in [0.717, 1.165) is 40.9 Å². The number of hydrogen-bond acceptors (Lipinski definition) is 6. The summed E-state index contributed by atoms with van der Waals surface area (Å²) in [5.41, 5.74) is 2.48. The van der Waals surface area contributed by atoms with Crippen molar-refractivity contribution in [2.24, 2.45) is 7.05 Å². The van der Waals surface area contributed by atoms with E-state index in [9.17, 15) is 4.79 Å². The molecule has 1 saturated carbocycles. The minimum Gasteiger partial charge on any atom is -0.484 e. The number of rotatable bonds is 8. The molecule has 1 fully saturated rings. The molecule has 2 heterocycles. The van der Waals surface area contributed by atoms with Crippen molar-refractivity contribution in [1.82, 2.24) is 24.5 Å². The van der Waals surface area contributed by atoms with Crippen molar-refractivity contribution < 1.29 is 9.53 Å².